The molecule has 0 heterocycles. The minimum absolute atomic E-state index is 0.100. The number of aliphatic carboxylic acids is 1. The quantitative estimate of drug-likeness (QED) is 0.346. The summed E-state index contributed by atoms with van der Waals surface area (Å²) in [5.74, 6) is -1.71. The van der Waals surface area contributed by atoms with E-state index in [1.165, 1.54) is 0 Å². The maximum atomic E-state index is 13.1. The molecule has 198 valence electrons. The molecule has 0 fully saturated rings. The van der Waals surface area contributed by atoms with E-state index >= 15 is 0 Å². The molecule has 8 heteroatoms. The third-order valence-corrected chi connectivity index (χ3v) is 6.59. The van der Waals surface area contributed by atoms with Crippen molar-refractivity contribution in [3.05, 3.63) is 95.6 Å². The van der Waals surface area contributed by atoms with Crippen LogP contribution in [-0.4, -0.2) is 47.9 Å². The van der Waals surface area contributed by atoms with Crippen LogP contribution < -0.4 is 10.6 Å². The van der Waals surface area contributed by atoms with Crippen molar-refractivity contribution in [2.75, 3.05) is 6.61 Å². The number of rotatable bonds is 11. The Balaban J connectivity index is 1.43. The first-order valence-corrected chi connectivity index (χ1v) is 12.6. The van der Waals surface area contributed by atoms with Crippen molar-refractivity contribution in [3.8, 4) is 11.1 Å². The van der Waals surface area contributed by atoms with Crippen LogP contribution in [0.4, 0.5) is 4.79 Å². The zero-order chi connectivity index (χ0) is 27.1. The Morgan fingerprint density at radius 1 is 0.842 bits per heavy atom. The molecular formula is C30H32N2O6. The van der Waals surface area contributed by atoms with Gasteiger partial charge in [0.1, 0.15) is 12.6 Å². The van der Waals surface area contributed by atoms with Gasteiger partial charge in [0.25, 0.3) is 0 Å². The molecule has 1 aliphatic rings. The number of nitrogens with one attached hydrogen (secondary N) is 2. The van der Waals surface area contributed by atoms with E-state index in [0.29, 0.717) is 0 Å². The molecule has 0 radical (unpaired) electrons. The van der Waals surface area contributed by atoms with Gasteiger partial charge >= 0.3 is 12.1 Å². The fourth-order valence-corrected chi connectivity index (χ4v) is 4.71. The normalized spacial score (nSPS) is 14.5. The Hall–Kier alpha value is -4.17. The van der Waals surface area contributed by atoms with Crippen LogP contribution in [0.25, 0.3) is 11.1 Å². The first-order valence-electron chi connectivity index (χ1n) is 12.6. The van der Waals surface area contributed by atoms with Crippen LogP contribution in [0.1, 0.15) is 42.9 Å². The molecule has 3 N–H and O–H groups in total. The lowest BCUT2D eigenvalue weighted by atomic mass is 9.98. The van der Waals surface area contributed by atoms with E-state index in [-0.39, 0.29) is 25.6 Å². The van der Waals surface area contributed by atoms with Gasteiger partial charge in [0, 0.05) is 12.0 Å². The number of carboxylic acids is 1. The predicted octanol–water partition coefficient (Wildman–Crippen LogP) is 4.48. The molecule has 38 heavy (non-hydrogen) atoms. The number of carbonyl (C=O) groups is 3. The molecular weight excluding hydrogens is 484 g/mol. The first kappa shape index (κ1) is 26.9. The van der Waals surface area contributed by atoms with Crippen molar-refractivity contribution in [2.45, 2.75) is 51.0 Å². The average molecular weight is 517 g/mol. The number of carboxylic acid groups (broad SMARTS) is 1. The number of alkyl carbamates (subject to hydrolysis) is 1. The number of amides is 2. The van der Waals surface area contributed by atoms with Gasteiger partial charge in [-0.3, -0.25) is 9.59 Å². The Bertz CT molecular complexity index is 1230. The summed E-state index contributed by atoms with van der Waals surface area (Å²) in [6.07, 6.45) is -1.72. The Kier molecular flexibility index (Phi) is 8.76. The monoisotopic (exact) mass is 516 g/mol. The number of benzene rings is 3. The zero-order valence-electron chi connectivity index (χ0n) is 21.4. The Morgan fingerprint density at radius 2 is 1.42 bits per heavy atom. The fraction of sp³-hybridized carbons (Fsp3) is 0.300. The van der Waals surface area contributed by atoms with E-state index in [1.807, 2.05) is 66.7 Å². The van der Waals surface area contributed by atoms with Crippen LogP contribution in [0.2, 0.25) is 0 Å². The van der Waals surface area contributed by atoms with E-state index in [1.54, 1.807) is 13.8 Å². The molecule has 4 rings (SSSR count). The van der Waals surface area contributed by atoms with Crippen LogP contribution in [-0.2, 0) is 25.7 Å². The molecule has 0 saturated heterocycles. The standard InChI is InChI=1S/C30H32N2O6/c1-19(16-27(33)34)31-29(35)28(20(2)37-17-21-10-4-3-5-11-21)32-30(36)38-18-26-24-14-8-6-12-22(24)23-13-7-9-15-25(23)26/h3-15,19-20,26,28H,16-18H2,1-2H3,(H,31,35)(H,32,36)(H,33,34)/t19-,20?,28?/m0/s1. The number of hydrogen-bond acceptors (Lipinski definition) is 5. The number of hydrogen-bond donors (Lipinski definition) is 3. The van der Waals surface area contributed by atoms with E-state index in [9.17, 15) is 14.4 Å². The number of fused-ring (bicyclic) bond motifs is 3. The van der Waals surface area contributed by atoms with Crippen LogP contribution in [0.15, 0.2) is 78.9 Å². The highest BCUT2D eigenvalue weighted by Gasteiger charge is 2.32. The number of ether oxygens (including phenoxy) is 2. The molecule has 0 bridgehead atoms. The second-order valence-corrected chi connectivity index (χ2v) is 9.46. The van der Waals surface area contributed by atoms with E-state index in [0.717, 1.165) is 27.8 Å². The highest BCUT2D eigenvalue weighted by Crippen LogP contribution is 2.44. The van der Waals surface area contributed by atoms with Gasteiger partial charge in [-0.1, -0.05) is 78.9 Å². The van der Waals surface area contributed by atoms with Crippen LogP contribution in [0.3, 0.4) is 0 Å². The van der Waals surface area contributed by atoms with Crippen LogP contribution in [0.5, 0.6) is 0 Å². The fourth-order valence-electron chi connectivity index (χ4n) is 4.71. The second kappa shape index (κ2) is 12.4. The minimum Gasteiger partial charge on any atom is -0.481 e. The highest BCUT2D eigenvalue weighted by molar-refractivity contribution is 5.87. The summed E-state index contributed by atoms with van der Waals surface area (Å²) in [4.78, 5) is 37.0. The summed E-state index contributed by atoms with van der Waals surface area (Å²) >= 11 is 0. The van der Waals surface area contributed by atoms with Crippen LogP contribution >= 0.6 is 0 Å². The average Bonchev–Trinajstić information content (AvgIpc) is 3.23. The summed E-state index contributed by atoms with van der Waals surface area (Å²) < 4.78 is 11.5. The largest absolute Gasteiger partial charge is 0.481 e. The van der Waals surface area contributed by atoms with E-state index in [4.69, 9.17) is 14.6 Å². The Morgan fingerprint density at radius 3 is 2.03 bits per heavy atom. The van der Waals surface area contributed by atoms with Crippen molar-refractivity contribution >= 4 is 18.0 Å². The van der Waals surface area contributed by atoms with Gasteiger partial charge in [-0.05, 0) is 41.7 Å². The summed E-state index contributed by atoms with van der Waals surface area (Å²) in [6.45, 7) is 3.61. The summed E-state index contributed by atoms with van der Waals surface area (Å²) in [5.41, 5.74) is 5.31. The van der Waals surface area contributed by atoms with E-state index in [2.05, 4.69) is 22.8 Å². The third kappa shape index (κ3) is 6.58. The van der Waals surface area contributed by atoms with Crippen molar-refractivity contribution < 1.29 is 29.0 Å². The van der Waals surface area contributed by atoms with Gasteiger partial charge in [0.2, 0.25) is 5.91 Å². The summed E-state index contributed by atoms with van der Waals surface area (Å²) in [6, 6.07) is 23.8. The maximum Gasteiger partial charge on any atom is 0.407 e. The van der Waals surface area contributed by atoms with Crippen molar-refractivity contribution in [3.63, 3.8) is 0 Å². The number of carbonyl (C=O) groups excluding carboxylic acids is 2. The third-order valence-electron chi connectivity index (χ3n) is 6.59. The predicted molar refractivity (Wildman–Crippen MR) is 143 cm³/mol. The first-order chi connectivity index (χ1) is 18.3. The van der Waals surface area contributed by atoms with Crippen molar-refractivity contribution in [1.82, 2.24) is 10.6 Å². The van der Waals surface area contributed by atoms with Gasteiger partial charge in [0.05, 0.1) is 19.1 Å². The lowest BCUT2D eigenvalue weighted by molar-refractivity contribution is -0.137. The topological polar surface area (TPSA) is 114 Å². The van der Waals surface area contributed by atoms with Crippen molar-refractivity contribution in [2.24, 2.45) is 0 Å². The van der Waals surface area contributed by atoms with Gasteiger partial charge in [-0.25, -0.2) is 4.79 Å². The molecule has 3 aromatic carbocycles. The van der Waals surface area contributed by atoms with Gasteiger partial charge in [0.15, 0.2) is 0 Å². The molecule has 3 atom stereocenters. The molecule has 8 nitrogen and oxygen atoms in total. The minimum atomic E-state index is -1.09. The van der Waals surface area contributed by atoms with Gasteiger partial charge in [-0.15, -0.1) is 0 Å². The molecule has 0 aromatic heterocycles. The van der Waals surface area contributed by atoms with Gasteiger partial charge < -0.3 is 25.2 Å². The SMILES string of the molecule is CC(OCc1ccccc1)C(NC(=O)OCC1c2ccccc2-c2ccccc21)C(=O)N[C@@H](C)CC(=O)O. The van der Waals surface area contributed by atoms with Crippen LogP contribution in [0, 0.1) is 0 Å². The van der Waals surface area contributed by atoms with E-state index < -0.39 is 36.2 Å². The highest BCUT2D eigenvalue weighted by atomic mass is 16.5. The van der Waals surface area contributed by atoms with Gasteiger partial charge in [-0.2, -0.15) is 0 Å². The van der Waals surface area contributed by atoms with Crippen molar-refractivity contribution in [1.29, 1.82) is 0 Å². The summed E-state index contributed by atoms with van der Waals surface area (Å²) in [7, 11) is 0. The maximum absolute atomic E-state index is 13.1. The summed E-state index contributed by atoms with van der Waals surface area (Å²) in [5, 5.41) is 14.3. The molecule has 1 aliphatic carbocycles. The smallest absolute Gasteiger partial charge is 0.407 e. The zero-order valence-corrected chi connectivity index (χ0v) is 21.4. The Labute approximate surface area is 222 Å². The molecule has 2 amide bonds. The molecule has 0 saturated carbocycles. The molecule has 2 unspecified atom stereocenters. The second-order valence-electron chi connectivity index (χ2n) is 9.46. The lowest BCUT2D eigenvalue weighted by Crippen LogP contribution is -2.55. The molecule has 0 spiro atoms. The molecule has 3 aromatic rings. The lowest BCUT2D eigenvalue weighted by Gasteiger charge is -2.26. The molecule has 0 aliphatic heterocycles.